The highest BCUT2D eigenvalue weighted by Gasteiger charge is 2.33. The van der Waals surface area contributed by atoms with Crippen LogP contribution in [0.2, 0.25) is 0 Å². The molecule has 0 radical (unpaired) electrons. The number of amides is 1. The van der Waals surface area contributed by atoms with Crippen LogP contribution in [0.25, 0.3) is 0 Å². The molecule has 1 aliphatic carbocycles. The Morgan fingerprint density at radius 3 is 2.55 bits per heavy atom. The van der Waals surface area contributed by atoms with Crippen molar-refractivity contribution in [3.05, 3.63) is 0 Å². The third-order valence-corrected chi connectivity index (χ3v) is 4.77. The number of ether oxygens (including phenoxy) is 2. The number of likely N-dealkylation sites (tertiary alicyclic amines) is 1. The van der Waals surface area contributed by atoms with Gasteiger partial charge in [-0.25, -0.2) is 4.79 Å². The van der Waals surface area contributed by atoms with E-state index in [9.17, 15) is 9.59 Å². The van der Waals surface area contributed by atoms with Crippen molar-refractivity contribution in [2.45, 2.75) is 63.5 Å². The van der Waals surface area contributed by atoms with Crippen molar-refractivity contribution >= 4 is 12.1 Å². The standard InChI is InChI=1S/C16H27NO5/c1-21-16(20)17-8-7-12(10-15(18)19)9-13(17)11-22-14-5-3-2-4-6-14/h12-14H,2-11H2,1H3,(H,18,19). The summed E-state index contributed by atoms with van der Waals surface area (Å²) in [6.45, 7) is 1.03. The topological polar surface area (TPSA) is 76.1 Å². The van der Waals surface area contributed by atoms with Gasteiger partial charge in [0, 0.05) is 13.0 Å². The molecule has 2 aliphatic rings. The van der Waals surface area contributed by atoms with Crippen molar-refractivity contribution in [2.24, 2.45) is 5.92 Å². The van der Waals surface area contributed by atoms with Crippen molar-refractivity contribution in [1.29, 1.82) is 0 Å². The molecule has 126 valence electrons. The van der Waals surface area contributed by atoms with Gasteiger partial charge in [0.25, 0.3) is 0 Å². The van der Waals surface area contributed by atoms with Crippen LogP contribution in [0, 0.1) is 5.92 Å². The quantitative estimate of drug-likeness (QED) is 0.844. The summed E-state index contributed by atoms with van der Waals surface area (Å²) in [7, 11) is 1.38. The van der Waals surface area contributed by atoms with Crippen LogP contribution in [0.4, 0.5) is 4.79 Å². The summed E-state index contributed by atoms with van der Waals surface area (Å²) in [6.07, 6.45) is 7.35. The summed E-state index contributed by atoms with van der Waals surface area (Å²) in [6, 6.07) is -0.0764. The van der Waals surface area contributed by atoms with E-state index >= 15 is 0 Å². The fourth-order valence-electron chi connectivity index (χ4n) is 3.56. The Bertz CT molecular complexity index is 381. The second kappa shape index (κ2) is 8.36. The number of carboxylic acids is 1. The molecule has 0 aromatic heterocycles. The summed E-state index contributed by atoms with van der Waals surface area (Å²) in [5, 5.41) is 8.97. The number of piperidine rings is 1. The van der Waals surface area contributed by atoms with Crippen LogP contribution in [-0.2, 0) is 14.3 Å². The molecular weight excluding hydrogens is 286 g/mol. The zero-order chi connectivity index (χ0) is 15.9. The van der Waals surface area contributed by atoms with Gasteiger partial charge in [-0.2, -0.15) is 0 Å². The van der Waals surface area contributed by atoms with Crippen LogP contribution >= 0.6 is 0 Å². The van der Waals surface area contributed by atoms with E-state index in [1.807, 2.05) is 0 Å². The summed E-state index contributed by atoms with van der Waals surface area (Å²) >= 11 is 0. The highest BCUT2D eigenvalue weighted by Crippen LogP contribution is 2.28. The van der Waals surface area contributed by atoms with Gasteiger partial charge in [-0.15, -0.1) is 0 Å². The minimum Gasteiger partial charge on any atom is -0.481 e. The summed E-state index contributed by atoms with van der Waals surface area (Å²) < 4.78 is 10.8. The van der Waals surface area contributed by atoms with Gasteiger partial charge in [0.1, 0.15) is 0 Å². The van der Waals surface area contributed by atoms with E-state index in [2.05, 4.69) is 0 Å². The Kier molecular flexibility index (Phi) is 6.49. The highest BCUT2D eigenvalue weighted by atomic mass is 16.5. The monoisotopic (exact) mass is 313 g/mol. The molecule has 1 heterocycles. The van der Waals surface area contributed by atoms with E-state index in [0.717, 1.165) is 12.8 Å². The Hall–Kier alpha value is -1.30. The molecule has 1 saturated carbocycles. The maximum Gasteiger partial charge on any atom is 0.409 e. The van der Waals surface area contributed by atoms with Crippen LogP contribution in [0.15, 0.2) is 0 Å². The highest BCUT2D eigenvalue weighted by molar-refractivity contribution is 5.68. The average Bonchev–Trinajstić information content (AvgIpc) is 2.53. The number of carbonyl (C=O) groups is 2. The molecule has 2 unspecified atom stereocenters. The van der Waals surface area contributed by atoms with Crippen molar-refractivity contribution in [3.8, 4) is 0 Å². The molecule has 2 atom stereocenters. The molecule has 1 amide bonds. The van der Waals surface area contributed by atoms with Crippen LogP contribution in [0.3, 0.4) is 0 Å². The number of rotatable bonds is 5. The molecule has 2 rings (SSSR count). The van der Waals surface area contributed by atoms with Gasteiger partial charge in [-0.1, -0.05) is 19.3 Å². The van der Waals surface area contributed by atoms with E-state index in [1.165, 1.54) is 26.4 Å². The molecule has 1 saturated heterocycles. The lowest BCUT2D eigenvalue weighted by Gasteiger charge is -2.38. The zero-order valence-corrected chi connectivity index (χ0v) is 13.3. The van der Waals surface area contributed by atoms with Crippen LogP contribution in [-0.4, -0.2) is 54.5 Å². The number of hydrogen-bond donors (Lipinski definition) is 1. The first-order valence-electron chi connectivity index (χ1n) is 8.28. The Balaban J connectivity index is 1.90. The minimum atomic E-state index is -0.775. The normalized spacial score (nSPS) is 26.7. The average molecular weight is 313 g/mol. The van der Waals surface area contributed by atoms with Gasteiger partial charge >= 0.3 is 12.1 Å². The van der Waals surface area contributed by atoms with Crippen LogP contribution in [0.1, 0.15) is 51.4 Å². The van der Waals surface area contributed by atoms with Crippen molar-refractivity contribution < 1.29 is 24.2 Å². The minimum absolute atomic E-state index is 0.0764. The molecule has 1 aliphatic heterocycles. The van der Waals surface area contributed by atoms with Crippen LogP contribution in [0.5, 0.6) is 0 Å². The maximum absolute atomic E-state index is 11.9. The number of carboxylic acid groups (broad SMARTS) is 1. The second-order valence-electron chi connectivity index (χ2n) is 6.40. The molecule has 0 aromatic carbocycles. The fraction of sp³-hybridized carbons (Fsp3) is 0.875. The van der Waals surface area contributed by atoms with Gasteiger partial charge in [-0.3, -0.25) is 4.79 Å². The smallest absolute Gasteiger partial charge is 0.409 e. The number of hydrogen-bond acceptors (Lipinski definition) is 4. The number of carbonyl (C=O) groups excluding carboxylic acids is 1. The first kappa shape index (κ1) is 17.1. The third kappa shape index (κ3) is 4.87. The first-order chi connectivity index (χ1) is 10.6. The molecular formula is C16H27NO5. The predicted octanol–water partition coefficient (Wildman–Crippen LogP) is 2.66. The Labute approximate surface area is 131 Å². The lowest BCUT2D eigenvalue weighted by Crippen LogP contribution is -2.49. The number of methoxy groups -OCH3 is 1. The molecule has 22 heavy (non-hydrogen) atoms. The molecule has 6 nitrogen and oxygen atoms in total. The van der Waals surface area contributed by atoms with Gasteiger partial charge < -0.3 is 19.5 Å². The Morgan fingerprint density at radius 2 is 1.91 bits per heavy atom. The van der Waals surface area contributed by atoms with Crippen LogP contribution < -0.4 is 0 Å². The van der Waals surface area contributed by atoms with E-state index in [0.29, 0.717) is 26.0 Å². The molecule has 0 bridgehead atoms. The van der Waals surface area contributed by atoms with E-state index in [4.69, 9.17) is 14.6 Å². The predicted molar refractivity (Wildman–Crippen MR) is 80.7 cm³/mol. The van der Waals surface area contributed by atoms with E-state index in [1.54, 1.807) is 4.90 Å². The molecule has 1 N–H and O–H groups in total. The van der Waals surface area contributed by atoms with Crippen molar-refractivity contribution in [2.75, 3.05) is 20.3 Å². The number of aliphatic carboxylic acids is 1. The fourth-order valence-corrected chi connectivity index (χ4v) is 3.56. The zero-order valence-electron chi connectivity index (χ0n) is 13.3. The number of nitrogens with zero attached hydrogens (tertiary/aromatic N) is 1. The first-order valence-corrected chi connectivity index (χ1v) is 8.28. The molecule has 6 heteroatoms. The summed E-state index contributed by atoms with van der Waals surface area (Å²) in [5.74, 6) is -0.665. The maximum atomic E-state index is 11.9. The van der Waals surface area contributed by atoms with Crippen molar-refractivity contribution in [1.82, 2.24) is 4.90 Å². The van der Waals surface area contributed by atoms with Gasteiger partial charge in [0.15, 0.2) is 0 Å². The SMILES string of the molecule is COC(=O)N1CCC(CC(=O)O)CC1COC1CCCCC1. The molecule has 0 aromatic rings. The van der Waals surface area contributed by atoms with Gasteiger partial charge in [-0.05, 0) is 31.6 Å². The van der Waals surface area contributed by atoms with Gasteiger partial charge in [0.05, 0.1) is 25.9 Å². The van der Waals surface area contributed by atoms with Gasteiger partial charge in [0.2, 0.25) is 0 Å². The second-order valence-corrected chi connectivity index (χ2v) is 6.40. The Morgan fingerprint density at radius 1 is 1.18 bits per heavy atom. The largest absolute Gasteiger partial charge is 0.481 e. The lowest BCUT2D eigenvalue weighted by atomic mass is 9.88. The van der Waals surface area contributed by atoms with E-state index in [-0.39, 0.29) is 30.6 Å². The summed E-state index contributed by atoms with van der Waals surface area (Å²) in [5.41, 5.74) is 0. The summed E-state index contributed by atoms with van der Waals surface area (Å²) in [4.78, 5) is 24.5. The third-order valence-electron chi connectivity index (χ3n) is 4.77. The lowest BCUT2D eigenvalue weighted by molar-refractivity contribution is -0.138. The molecule has 0 spiro atoms. The van der Waals surface area contributed by atoms with E-state index < -0.39 is 5.97 Å². The molecule has 2 fully saturated rings. The van der Waals surface area contributed by atoms with Crippen molar-refractivity contribution in [3.63, 3.8) is 0 Å².